The van der Waals surface area contributed by atoms with Gasteiger partial charge in [-0.3, -0.25) is 9.89 Å². The second kappa shape index (κ2) is 8.64. The molecule has 2 aromatic heterocycles. The molecule has 0 spiro atoms. The van der Waals surface area contributed by atoms with Crippen LogP contribution in [0.2, 0.25) is 0 Å². The largest absolute Gasteiger partial charge is 0.417 e. The third-order valence-corrected chi connectivity index (χ3v) is 5.81. The number of piperidine rings is 1. The molecular weight excluding hydrogens is 419 g/mol. The maximum atomic E-state index is 13.5. The van der Waals surface area contributed by atoms with Crippen molar-refractivity contribution in [1.29, 1.82) is 0 Å². The number of amides is 1. The van der Waals surface area contributed by atoms with Crippen LogP contribution in [-0.4, -0.2) is 44.6 Å². The van der Waals surface area contributed by atoms with E-state index in [0.29, 0.717) is 23.6 Å². The molecule has 3 heterocycles. The smallest absolute Gasteiger partial charge is 0.365 e. The third kappa shape index (κ3) is 4.46. The van der Waals surface area contributed by atoms with E-state index in [4.69, 9.17) is 0 Å². The van der Waals surface area contributed by atoms with E-state index in [-0.39, 0.29) is 18.0 Å². The summed E-state index contributed by atoms with van der Waals surface area (Å²) in [4.78, 5) is 19.2. The Hall–Kier alpha value is -3.36. The Morgan fingerprint density at radius 2 is 2.00 bits per heavy atom. The normalized spacial score (nSPS) is 19.1. The van der Waals surface area contributed by atoms with Gasteiger partial charge >= 0.3 is 6.18 Å². The van der Waals surface area contributed by atoms with E-state index in [1.807, 2.05) is 43.0 Å². The van der Waals surface area contributed by atoms with Crippen molar-refractivity contribution >= 4 is 11.7 Å². The zero-order valence-electron chi connectivity index (χ0n) is 17.8. The van der Waals surface area contributed by atoms with Crippen LogP contribution in [0.15, 0.2) is 48.7 Å². The Balaban J connectivity index is 1.53. The number of benzene rings is 1. The van der Waals surface area contributed by atoms with Crippen LogP contribution in [0.3, 0.4) is 0 Å². The average Bonchev–Trinajstić information content (AvgIpc) is 3.21. The molecule has 4 rings (SSSR count). The molecule has 0 bridgehead atoms. The van der Waals surface area contributed by atoms with Gasteiger partial charge in [0.1, 0.15) is 5.82 Å². The quantitative estimate of drug-likeness (QED) is 0.601. The molecule has 1 aromatic carbocycles. The molecule has 1 aliphatic rings. The van der Waals surface area contributed by atoms with E-state index in [2.05, 4.69) is 20.5 Å². The fourth-order valence-corrected chi connectivity index (χ4v) is 4.06. The van der Waals surface area contributed by atoms with Crippen LogP contribution in [0, 0.1) is 6.92 Å². The lowest BCUT2D eigenvalue weighted by atomic mass is 9.95. The zero-order chi connectivity index (χ0) is 22.9. The average molecular weight is 443 g/mol. The summed E-state index contributed by atoms with van der Waals surface area (Å²) >= 11 is 0. The fraction of sp³-hybridized carbons (Fsp3) is 0.348. The highest BCUT2D eigenvalue weighted by Gasteiger charge is 2.34. The fourth-order valence-electron chi connectivity index (χ4n) is 4.06. The van der Waals surface area contributed by atoms with Gasteiger partial charge in [0.05, 0.1) is 11.3 Å². The lowest BCUT2D eigenvalue weighted by Gasteiger charge is -2.40. The van der Waals surface area contributed by atoms with Gasteiger partial charge in [0, 0.05) is 41.6 Å². The SMILES string of the molecule is Cc1cc(-c2ccccc2C(=O)N2CCC[C@@H](Nc3ccc(C(F)(F)F)cn3)[C@@H]2C)n[nH]1. The molecule has 6 nitrogen and oxygen atoms in total. The van der Waals surface area contributed by atoms with Gasteiger partial charge in [-0.2, -0.15) is 18.3 Å². The van der Waals surface area contributed by atoms with Crippen LogP contribution >= 0.6 is 0 Å². The molecule has 9 heteroatoms. The number of likely N-dealkylation sites (tertiary alicyclic amines) is 1. The first kappa shape index (κ1) is 21.9. The molecule has 32 heavy (non-hydrogen) atoms. The van der Waals surface area contributed by atoms with Gasteiger partial charge in [-0.25, -0.2) is 4.98 Å². The molecule has 1 fully saturated rings. The number of carbonyl (C=O) groups is 1. The van der Waals surface area contributed by atoms with Crippen LogP contribution in [0.25, 0.3) is 11.3 Å². The summed E-state index contributed by atoms with van der Waals surface area (Å²) in [5.41, 5.74) is 2.15. The maximum absolute atomic E-state index is 13.5. The minimum absolute atomic E-state index is 0.0966. The molecule has 1 amide bonds. The summed E-state index contributed by atoms with van der Waals surface area (Å²) in [6, 6.07) is 11.3. The number of halogens is 3. The van der Waals surface area contributed by atoms with Gasteiger partial charge in [-0.1, -0.05) is 18.2 Å². The summed E-state index contributed by atoms with van der Waals surface area (Å²) in [5, 5.41) is 10.4. The van der Waals surface area contributed by atoms with Gasteiger partial charge < -0.3 is 10.2 Å². The molecule has 0 unspecified atom stereocenters. The molecule has 0 aliphatic carbocycles. The van der Waals surface area contributed by atoms with E-state index in [1.54, 1.807) is 6.07 Å². The van der Waals surface area contributed by atoms with E-state index < -0.39 is 11.7 Å². The summed E-state index contributed by atoms with van der Waals surface area (Å²) in [5.74, 6) is 0.261. The Labute approximate surface area is 183 Å². The molecule has 0 radical (unpaired) electrons. The Kier molecular flexibility index (Phi) is 5.90. The highest BCUT2D eigenvalue weighted by molar-refractivity contribution is 6.00. The van der Waals surface area contributed by atoms with Crippen LogP contribution in [0.1, 0.15) is 41.4 Å². The highest BCUT2D eigenvalue weighted by atomic mass is 19.4. The number of hydrogen-bond acceptors (Lipinski definition) is 4. The number of alkyl halides is 3. The Morgan fingerprint density at radius 1 is 1.22 bits per heavy atom. The summed E-state index contributed by atoms with van der Waals surface area (Å²) in [7, 11) is 0. The van der Waals surface area contributed by atoms with Crippen molar-refractivity contribution in [2.24, 2.45) is 0 Å². The number of aromatic nitrogens is 3. The number of pyridine rings is 1. The minimum atomic E-state index is -4.42. The molecule has 1 saturated heterocycles. The molecule has 0 saturated carbocycles. The van der Waals surface area contributed by atoms with Crippen molar-refractivity contribution in [3.63, 3.8) is 0 Å². The van der Waals surface area contributed by atoms with Crippen molar-refractivity contribution in [3.05, 3.63) is 65.5 Å². The molecule has 1 aliphatic heterocycles. The first-order valence-electron chi connectivity index (χ1n) is 10.5. The van der Waals surface area contributed by atoms with E-state index >= 15 is 0 Å². The number of carbonyl (C=O) groups excluding carboxylic acids is 1. The molecule has 168 valence electrons. The number of nitrogens with zero attached hydrogens (tertiary/aromatic N) is 3. The number of anilines is 1. The molecule has 2 atom stereocenters. The van der Waals surface area contributed by atoms with Crippen LogP contribution in [-0.2, 0) is 6.18 Å². The highest BCUT2D eigenvalue weighted by Crippen LogP contribution is 2.30. The van der Waals surface area contributed by atoms with Crippen molar-refractivity contribution in [3.8, 4) is 11.3 Å². The van der Waals surface area contributed by atoms with E-state index in [1.165, 1.54) is 6.07 Å². The maximum Gasteiger partial charge on any atom is 0.417 e. The van der Waals surface area contributed by atoms with Gasteiger partial charge in [-0.05, 0) is 51.0 Å². The van der Waals surface area contributed by atoms with Crippen LogP contribution in [0.4, 0.5) is 19.0 Å². The number of H-pyrrole nitrogens is 1. The van der Waals surface area contributed by atoms with Gasteiger partial charge in [0.2, 0.25) is 0 Å². The summed E-state index contributed by atoms with van der Waals surface area (Å²) in [6.07, 6.45) is -2.04. The predicted molar refractivity (Wildman–Crippen MR) is 115 cm³/mol. The first-order valence-corrected chi connectivity index (χ1v) is 10.5. The lowest BCUT2D eigenvalue weighted by Crippen LogP contribution is -2.52. The number of aryl methyl sites for hydroxylation is 1. The molecule has 2 N–H and O–H groups in total. The van der Waals surface area contributed by atoms with Crippen molar-refractivity contribution in [2.45, 2.75) is 44.9 Å². The number of nitrogens with one attached hydrogen (secondary N) is 2. The second-order valence-electron chi connectivity index (χ2n) is 8.04. The van der Waals surface area contributed by atoms with Crippen LogP contribution in [0.5, 0.6) is 0 Å². The van der Waals surface area contributed by atoms with E-state index in [9.17, 15) is 18.0 Å². The lowest BCUT2D eigenvalue weighted by molar-refractivity contribution is -0.137. The molecule has 3 aromatic rings. The topological polar surface area (TPSA) is 73.9 Å². The minimum Gasteiger partial charge on any atom is -0.365 e. The third-order valence-electron chi connectivity index (χ3n) is 5.81. The monoisotopic (exact) mass is 443 g/mol. The first-order chi connectivity index (χ1) is 15.2. The van der Waals surface area contributed by atoms with Crippen molar-refractivity contribution in [2.75, 3.05) is 11.9 Å². The van der Waals surface area contributed by atoms with Gasteiger partial charge in [0.15, 0.2) is 0 Å². The van der Waals surface area contributed by atoms with E-state index in [0.717, 1.165) is 36.4 Å². The number of rotatable bonds is 4. The summed E-state index contributed by atoms with van der Waals surface area (Å²) in [6.45, 7) is 4.45. The van der Waals surface area contributed by atoms with Crippen molar-refractivity contribution < 1.29 is 18.0 Å². The van der Waals surface area contributed by atoms with Gasteiger partial charge in [-0.15, -0.1) is 0 Å². The Morgan fingerprint density at radius 3 is 2.66 bits per heavy atom. The standard InChI is InChI=1S/C23H24F3N5O/c1-14-12-20(30-29-14)17-6-3-4-7-18(17)22(32)31-11-5-8-19(15(31)2)28-21-10-9-16(13-27-21)23(24,25)26/h3-4,6-7,9-10,12-13,15,19H,5,8,11H2,1-2H3,(H,27,28)(H,29,30)/t15-,19+/m0/s1. The zero-order valence-corrected chi connectivity index (χ0v) is 17.8. The second-order valence-corrected chi connectivity index (χ2v) is 8.04. The number of hydrogen-bond donors (Lipinski definition) is 2. The van der Waals surface area contributed by atoms with Crippen LogP contribution < -0.4 is 5.32 Å². The Bertz CT molecular complexity index is 1090. The van der Waals surface area contributed by atoms with Gasteiger partial charge in [0.25, 0.3) is 5.91 Å². The predicted octanol–water partition coefficient (Wildman–Crippen LogP) is 4.90. The summed E-state index contributed by atoms with van der Waals surface area (Å²) < 4.78 is 38.4. The molecular formula is C23H24F3N5O. The van der Waals surface area contributed by atoms with Crippen molar-refractivity contribution in [1.82, 2.24) is 20.1 Å². The number of aromatic amines is 1.